The summed E-state index contributed by atoms with van der Waals surface area (Å²) in [6, 6.07) is 21.0. The van der Waals surface area contributed by atoms with Crippen LogP contribution in [0.15, 0.2) is 84.9 Å². The maximum atomic E-state index is 13.1. The van der Waals surface area contributed by atoms with E-state index in [9.17, 15) is 23.6 Å². The average molecular weight is 493 g/mol. The highest BCUT2D eigenvalue weighted by atomic mass is 19.1. The molecular formula is C27H24FNO7. The molecule has 36 heavy (non-hydrogen) atoms. The van der Waals surface area contributed by atoms with Crippen molar-refractivity contribution in [3.63, 3.8) is 0 Å². The number of benzene rings is 3. The number of alkyl carbamates (subject to hydrolysis) is 1. The van der Waals surface area contributed by atoms with E-state index in [1.54, 1.807) is 48.5 Å². The molecule has 0 aliphatic rings. The second-order valence-electron chi connectivity index (χ2n) is 7.65. The topological polar surface area (TPSA) is 108 Å². The molecule has 1 amide bonds. The van der Waals surface area contributed by atoms with Gasteiger partial charge in [-0.1, -0.05) is 60.7 Å². The third kappa shape index (κ3) is 8.68. The number of halogens is 1. The maximum absolute atomic E-state index is 13.1. The van der Waals surface area contributed by atoms with Gasteiger partial charge in [0.05, 0.1) is 6.42 Å². The zero-order valence-corrected chi connectivity index (χ0v) is 19.2. The Bertz CT molecular complexity index is 1110. The first-order valence-corrected chi connectivity index (χ1v) is 11.0. The molecule has 0 saturated carbocycles. The van der Waals surface area contributed by atoms with E-state index in [1.165, 1.54) is 12.1 Å². The van der Waals surface area contributed by atoms with E-state index < -0.39 is 48.7 Å². The minimum atomic E-state index is -1.46. The normalized spacial score (nSPS) is 11.1. The summed E-state index contributed by atoms with van der Waals surface area (Å²) in [5.41, 5.74) is 1.60. The quantitative estimate of drug-likeness (QED) is 0.245. The van der Waals surface area contributed by atoms with E-state index in [0.29, 0.717) is 0 Å². The summed E-state index contributed by atoms with van der Waals surface area (Å²) in [7, 11) is 0. The highest BCUT2D eigenvalue weighted by Crippen LogP contribution is 2.08. The molecule has 0 fully saturated rings. The van der Waals surface area contributed by atoms with Gasteiger partial charge in [-0.2, -0.15) is 0 Å². The van der Waals surface area contributed by atoms with Gasteiger partial charge in [0, 0.05) is 5.56 Å². The van der Waals surface area contributed by atoms with E-state index in [1.807, 2.05) is 12.1 Å². The second-order valence-corrected chi connectivity index (χ2v) is 7.65. The first-order valence-electron chi connectivity index (χ1n) is 11.0. The molecule has 186 valence electrons. The molecular weight excluding hydrogens is 469 g/mol. The lowest BCUT2D eigenvalue weighted by Crippen LogP contribution is -2.44. The Morgan fingerprint density at radius 3 is 1.86 bits per heavy atom. The highest BCUT2D eigenvalue weighted by molar-refractivity contribution is 5.98. The molecule has 0 bridgehead atoms. The van der Waals surface area contributed by atoms with Crippen molar-refractivity contribution in [2.24, 2.45) is 0 Å². The van der Waals surface area contributed by atoms with Crippen LogP contribution in [0.5, 0.6) is 0 Å². The van der Waals surface area contributed by atoms with Gasteiger partial charge in [-0.25, -0.2) is 14.0 Å². The number of carbonyl (C=O) groups excluding carboxylic acids is 4. The van der Waals surface area contributed by atoms with E-state index in [4.69, 9.17) is 14.2 Å². The maximum Gasteiger partial charge on any atom is 0.408 e. The first kappa shape index (κ1) is 26.1. The van der Waals surface area contributed by atoms with Gasteiger partial charge in [-0.15, -0.1) is 0 Å². The monoisotopic (exact) mass is 493 g/mol. The van der Waals surface area contributed by atoms with Gasteiger partial charge in [0.25, 0.3) is 0 Å². The van der Waals surface area contributed by atoms with Gasteiger partial charge in [-0.05, 0) is 35.4 Å². The number of esters is 2. The summed E-state index contributed by atoms with van der Waals surface area (Å²) < 4.78 is 28.4. The first-order chi connectivity index (χ1) is 17.4. The number of hydrogen-bond acceptors (Lipinski definition) is 7. The Kier molecular flexibility index (Phi) is 9.69. The van der Waals surface area contributed by atoms with Crippen molar-refractivity contribution in [2.75, 3.05) is 6.61 Å². The molecule has 3 aromatic rings. The van der Waals surface area contributed by atoms with E-state index in [0.717, 1.165) is 23.3 Å². The molecule has 0 unspecified atom stereocenters. The van der Waals surface area contributed by atoms with Crippen LogP contribution in [-0.2, 0) is 37.0 Å². The molecule has 9 heteroatoms. The molecule has 0 saturated heterocycles. The SMILES string of the molecule is O=C(C[C@H](NC(=O)OCc1ccccc1)C(=O)OCC(=O)c1ccc(F)cc1)OCc1ccccc1. The Balaban J connectivity index is 1.58. The Morgan fingerprint density at radius 2 is 1.28 bits per heavy atom. The molecule has 0 heterocycles. The standard InChI is InChI=1S/C27H24FNO7/c28-22-13-11-21(12-14-22)24(30)18-35-26(32)23(15-25(31)34-16-19-7-3-1-4-8-19)29-27(33)36-17-20-9-5-2-6-10-20/h1-14,23H,15-18H2,(H,29,33)/t23-/m0/s1. The summed E-state index contributed by atoms with van der Waals surface area (Å²) in [5.74, 6) is -2.90. The van der Waals surface area contributed by atoms with E-state index in [-0.39, 0.29) is 18.8 Å². The lowest BCUT2D eigenvalue weighted by molar-refractivity contribution is -0.152. The largest absolute Gasteiger partial charge is 0.461 e. The minimum Gasteiger partial charge on any atom is -0.461 e. The number of rotatable bonds is 11. The van der Waals surface area contributed by atoms with Crippen molar-refractivity contribution in [1.29, 1.82) is 0 Å². The lowest BCUT2D eigenvalue weighted by Gasteiger charge is -2.17. The zero-order chi connectivity index (χ0) is 25.8. The lowest BCUT2D eigenvalue weighted by atomic mass is 10.1. The Hall–Kier alpha value is -4.53. The molecule has 3 rings (SSSR count). The van der Waals surface area contributed by atoms with Crippen molar-refractivity contribution in [1.82, 2.24) is 5.32 Å². The number of ketones is 1. The molecule has 0 aliphatic carbocycles. The smallest absolute Gasteiger partial charge is 0.408 e. The van der Waals surface area contributed by atoms with Crippen LogP contribution in [0.25, 0.3) is 0 Å². The molecule has 3 aromatic carbocycles. The minimum absolute atomic E-state index is 0.0249. The number of carbonyl (C=O) groups is 4. The third-order valence-electron chi connectivity index (χ3n) is 4.91. The number of ether oxygens (including phenoxy) is 3. The van der Waals surface area contributed by atoms with Crippen molar-refractivity contribution >= 4 is 23.8 Å². The molecule has 8 nitrogen and oxygen atoms in total. The van der Waals surface area contributed by atoms with Gasteiger partial charge in [-0.3, -0.25) is 9.59 Å². The Labute approximate surface area is 207 Å². The van der Waals surface area contributed by atoms with Crippen LogP contribution in [0.1, 0.15) is 27.9 Å². The third-order valence-corrected chi connectivity index (χ3v) is 4.91. The van der Waals surface area contributed by atoms with Gasteiger partial charge < -0.3 is 19.5 Å². The van der Waals surface area contributed by atoms with Crippen LogP contribution in [0.4, 0.5) is 9.18 Å². The van der Waals surface area contributed by atoms with Crippen LogP contribution in [-0.4, -0.2) is 36.5 Å². The van der Waals surface area contributed by atoms with Crippen molar-refractivity contribution in [3.05, 3.63) is 107 Å². The number of Topliss-reactive ketones (excluding diaryl/α,β-unsaturated/α-hetero) is 1. The van der Waals surface area contributed by atoms with Crippen LogP contribution in [0, 0.1) is 5.82 Å². The van der Waals surface area contributed by atoms with Gasteiger partial charge in [0.15, 0.2) is 12.4 Å². The van der Waals surface area contributed by atoms with Crippen molar-refractivity contribution < 1.29 is 37.8 Å². The zero-order valence-electron chi connectivity index (χ0n) is 19.2. The highest BCUT2D eigenvalue weighted by Gasteiger charge is 2.27. The summed E-state index contributed by atoms with van der Waals surface area (Å²) in [6.07, 6.45) is -1.50. The van der Waals surface area contributed by atoms with Crippen LogP contribution >= 0.6 is 0 Å². The summed E-state index contributed by atoms with van der Waals surface area (Å²) in [5, 5.41) is 2.29. The molecule has 1 N–H and O–H groups in total. The molecule has 0 spiro atoms. The van der Waals surface area contributed by atoms with E-state index in [2.05, 4.69) is 5.32 Å². The van der Waals surface area contributed by atoms with Crippen molar-refractivity contribution in [2.45, 2.75) is 25.7 Å². The van der Waals surface area contributed by atoms with Crippen LogP contribution in [0.3, 0.4) is 0 Å². The van der Waals surface area contributed by atoms with Gasteiger partial charge in [0.2, 0.25) is 0 Å². The molecule has 0 aliphatic heterocycles. The fraction of sp³-hybridized carbons (Fsp3) is 0.185. The van der Waals surface area contributed by atoms with Gasteiger partial charge in [0.1, 0.15) is 25.1 Å². The fourth-order valence-corrected chi connectivity index (χ4v) is 3.02. The second kappa shape index (κ2) is 13.4. The van der Waals surface area contributed by atoms with Crippen LogP contribution < -0.4 is 5.32 Å². The molecule has 1 atom stereocenters. The van der Waals surface area contributed by atoms with Crippen molar-refractivity contribution in [3.8, 4) is 0 Å². The average Bonchev–Trinajstić information content (AvgIpc) is 2.90. The number of amides is 1. The molecule has 0 radical (unpaired) electrons. The fourth-order valence-electron chi connectivity index (χ4n) is 3.02. The van der Waals surface area contributed by atoms with Gasteiger partial charge >= 0.3 is 18.0 Å². The predicted molar refractivity (Wildman–Crippen MR) is 126 cm³/mol. The Morgan fingerprint density at radius 1 is 0.722 bits per heavy atom. The summed E-state index contributed by atoms with van der Waals surface area (Å²) >= 11 is 0. The number of hydrogen-bond donors (Lipinski definition) is 1. The number of nitrogens with one attached hydrogen (secondary N) is 1. The molecule has 0 aromatic heterocycles. The van der Waals surface area contributed by atoms with E-state index >= 15 is 0 Å². The van der Waals surface area contributed by atoms with Crippen LogP contribution in [0.2, 0.25) is 0 Å². The summed E-state index contributed by atoms with van der Waals surface area (Å²) in [4.78, 5) is 49.5. The summed E-state index contributed by atoms with van der Waals surface area (Å²) in [6.45, 7) is -0.750. The predicted octanol–water partition coefficient (Wildman–Crippen LogP) is 3.98.